The van der Waals surface area contributed by atoms with Crippen molar-refractivity contribution < 1.29 is 37.0 Å². The maximum absolute atomic E-state index is 13.8. The molecule has 1 N–H and O–H groups in total. The number of carbonyl (C=O) groups is 2. The van der Waals surface area contributed by atoms with E-state index in [0.29, 0.717) is 0 Å². The molecule has 2 atom stereocenters. The van der Waals surface area contributed by atoms with Gasteiger partial charge in [-0.3, -0.25) is 4.79 Å². The molecule has 0 bridgehead atoms. The van der Waals surface area contributed by atoms with Crippen molar-refractivity contribution in [1.29, 1.82) is 0 Å². The molecule has 2 rings (SSSR count). The minimum atomic E-state index is -1.61. The Kier molecular flexibility index (Phi) is 5.17. The second kappa shape index (κ2) is 6.74. The van der Waals surface area contributed by atoms with Gasteiger partial charge >= 0.3 is 11.9 Å². The normalized spacial score (nSPS) is 21.5. The molecule has 0 aromatic heterocycles. The van der Waals surface area contributed by atoms with Crippen LogP contribution in [0.5, 0.6) is 0 Å². The van der Waals surface area contributed by atoms with Gasteiger partial charge in [0, 0.05) is 11.1 Å². The highest BCUT2D eigenvalue weighted by Crippen LogP contribution is 2.59. The molecule has 1 aromatic carbocycles. The van der Waals surface area contributed by atoms with Crippen LogP contribution in [0.15, 0.2) is 11.6 Å². The van der Waals surface area contributed by atoms with Crippen LogP contribution in [0.25, 0.3) is 0 Å². The van der Waals surface area contributed by atoms with Crippen LogP contribution in [0.2, 0.25) is 0 Å². The first-order valence-electron chi connectivity index (χ1n) is 7.81. The molecular formula is C18H18F4O4. The van der Waals surface area contributed by atoms with Crippen LogP contribution in [0.4, 0.5) is 17.6 Å². The van der Waals surface area contributed by atoms with Gasteiger partial charge in [-0.15, -0.1) is 0 Å². The van der Waals surface area contributed by atoms with Crippen molar-refractivity contribution >= 4 is 11.9 Å². The van der Waals surface area contributed by atoms with Gasteiger partial charge in [-0.05, 0) is 25.2 Å². The summed E-state index contributed by atoms with van der Waals surface area (Å²) in [5.41, 5.74) is -2.36. The number of aliphatic carboxylic acids is 1. The number of carbonyl (C=O) groups excluding carboxylic acids is 1. The molecule has 0 radical (unpaired) electrons. The summed E-state index contributed by atoms with van der Waals surface area (Å²) in [6, 6.07) is 0. The van der Waals surface area contributed by atoms with Crippen LogP contribution < -0.4 is 0 Å². The number of carboxylic acids is 1. The van der Waals surface area contributed by atoms with Crippen LogP contribution >= 0.6 is 0 Å². The van der Waals surface area contributed by atoms with E-state index in [1.807, 2.05) is 0 Å². The highest BCUT2D eigenvalue weighted by molar-refractivity contribution is 5.86. The molecule has 1 aromatic rings. The number of hydrogen-bond donors (Lipinski definition) is 1. The molecule has 1 saturated carbocycles. The van der Waals surface area contributed by atoms with Crippen molar-refractivity contribution in [2.45, 2.75) is 34.3 Å². The zero-order valence-corrected chi connectivity index (χ0v) is 14.6. The van der Waals surface area contributed by atoms with E-state index in [9.17, 15) is 27.2 Å². The standard InChI is InChI=1S/C18H18F4O4/c1-7(16(23)24)5-10-11(18(10,3)4)17(25)26-6-9-14(21)12(19)8(2)13(20)15(9)22/h5,10-11H,6H2,1-4H3,(H,23,24)/b7-5+. The SMILES string of the molecule is C/C(=C\C1C(C(=O)OCc2c(F)c(F)c(C)c(F)c2F)C1(C)C)C(=O)O. The average Bonchev–Trinajstić information content (AvgIpc) is 3.11. The molecule has 0 spiro atoms. The van der Waals surface area contributed by atoms with Crippen LogP contribution in [0, 0.1) is 47.4 Å². The Morgan fingerprint density at radius 2 is 1.62 bits per heavy atom. The summed E-state index contributed by atoms with van der Waals surface area (Å²) in [6.07, 6.45) is 1.42. The summed E-state index contributed by atoms with van der Waals surface area (Å²) in [4.78, 5) is 23.1. The lowest BCUT2D eigenvalue weighted by molar-refractivity contribution is -0.147. The lowest BCUT2D eigenvalue weighted by Gasteiger charge is -2.10. The molecule has 0 saturated heterocycles. The molecule has 1 fully saturated rings. The highest BCUT2D eigenvalue weighted by atomic mass is 19.2. The van der Waals surface area contributed by atoms with Gasteiger partial charge in [0.05, 0.1) is 11.5 Å². The van der Waals surface area contributed by atoms with Crippen molar-refractivity contribution in [3.05, 3.63) is 46.0 Å². The first-order valence-corrected chi connectivity index (χ1v) is 7.81. The number of ether oxygens (including phenoxy) is 1. The van der Waals surface area contributed by atoms with Gasteiger partial charge in [-0.2, -0.15) is 0 Å². The zero-order valence-electron chi connectivity index (χ0n) is 14.6. The van der Waals surface area contributed by atoms with Crippen molar-refractivity contribution in [2.75, 3.05) is 0 Å². The largest absolute Gasteiger partial charge is 0.478 e. The van der Waals surface area contributed by atoms with E-state index in [1.165, 1.54) is 13.0 Å². The van der Waals surface area contributed by atoms with E-state index in [-0.39, 0.29) is 5.57 Å². The first-order chi connectivity index (χ1) is 11.9. The quantitative estimate of drug-likeness (QED) is 0.368. The third-order valence-electron chi connectivity index (χ3n) is 4.86. The fourth-order valence-electron chi connectivity index (χ4n) is 2.93. The molecule has 4 nitrogen and oxygen atoms in total. The molecule has 1 aliphatic rings. The number of rotatable bonds is 5. The Morgan fingerprint density at radius 3 is 2.08 bits per heavy atom. The van der Waals surface area contributed by atoms with Gasteiger partial charge in [-0.25, -0.2) is 22.4 Å². The van der Waals surface area contributed by atoms with E-state index in [0.717, 1.165) is 6.92 Å². The Bertz CT molecular complexity index is 785. The maximum atomic E-state index is 13.8. The maximum Gasteiger partial charge on any atom is 0.330 e. The number of halogens is 4. The van der Waals surface area contributed by atoms with Crippen molar-refractivity contribution in [2.24, 2.45) is 17.3 Å². The molecule has 0 aliphatic heterocycles. The van der Waals surface area contributed by atoms with Gasteiger partial charge in [0.2, 0.25) is 0 Å². The Balaban J connectivity index is 2.16. The third-order valence-corrected chi connectivity index (χ3v) is 4.86. The second-order valence-electron chi connectivity index (χ2n) is 6.95. The van der Waals surface area contributed by atoms with E-state index in [1.54, 1.807) is 13.8 Å². The Morgan fingerprint density at radius 1 is 1.12 bits per heavy atom. The summed E-state index contributed by atoms with van der Waals surface area (Å²) >= 11 is 0. The molecule has 0 amide bonds. The van der Waals surface area contributed by atoms with Gasteiger partial charge in [0.25, 0.3) is 0 Å². The van der Waals surface area contributed by atoms with E-state index in [2.05, 4.69) is 0 Å². The Hall–Kier alpha value is -2.38. The van der Waals surface area contributed by atoms with Gasteiger partial charge in [-0.1, -0.05) is 19.9 Å². The summed E-state index contributed by atoms with van der Waals surface area (Å²) in [5, 5.41) is 8.90. The molecule has 8 heteroatoms. The summed E-state index contributed by atoms with van der Waals surface area (Å²) in [5.74, 6) is -9.40. The zero-order chi connectivity index (χ0) is 20.0. The summed E-state index contributed by atoms with van der Waals surface area (Å²) in [6.45, 7) is 4.72. The van der Waals surface area contributed by atoms with Gasteiger partial charge in [0.15, 0.2) is 23.3 Å². The monoisotopic (exact) mass is 374 g/mol. The second-order valence-corrected chi connectivity index (χ2v) is 6.95. The van der Waals surface area contributed by atoms with E-state index < -0.39 is 70.2 Å². The predicted molar refractivity (Wildman–Crippen MR) is 83.0 cm³/mol. The van der Waals surface area contributed by atoms with Crippen molar-refractivity contribution in [1.82, 2.24) is 0 Å². The van der Waals surface area contributed by atoms with Crippen LogP contribution in [-0.2, 0) is 20.9 Å². The summed E-state index contributed by atoms with van der Waals surface area (Å²) < 4.78 is 59.6. The number of allylic oxidation sites excluding steroid dienone is 1. The molecule has 26 heavy (non-hydrogen) atoms. The molecule has 142 valence electrons. The fraction of sp³-hybridized carbons (Fsp3) is 0.444. The van der Waals surface area contributed by atoms with Crippen LogP contribution in [0.3, 0.4) is 0 Å². The van der Waals surface area contributed by atoms with E-state index in [4.69, 9.17) is 9.84 Å². The number of esters is 1. The minimum absolute atomic E-state index is 0.0538. The molecule has 1 aliphatic carbocycles. The lowest BCUT2D eigenvalue weighted by atomic mass is 10.1. The van der Waals surface area contributed by atoms with Crippen LogP contribution in [0.1, 0.15) is 31.9 Å². The van der Waals surface area contributed by atoms with Crippen molar-refractivity contribution in [3.8, 4) is 0 Å². The van der Waals surface area contributed by atoms with Gasteiger partial charge < -0.3 is 9.84 Å². The molecular weight excluding hydrogens is 356 g/mol. The molecule has 0 heterocycles. The minimum Gasteiger partial charge on any atom is -0.478 e. The topological polar surface area (TPSA) is 63.6 Å². The fourth-order valence-corrected chi connectivity index (χ4v) is 2.93. The highest BCUT2D eigenvalue weighted by Gasteiger charge is 2.61. The smallest absolute Gasteiger partial charge is 0.330 e. The first kappa shape index (κ1) is 19.9. The lowest BCUT2D eigenvalue weighted by Crippen LogP contribution is -2.14. The van der Waals surface area contributed by atoms with E-state index >= 15 is 0 Å². The third kappa shape index (κ3) is 3.32. The van der Waals surface area contributed by atoms with Gasteiger partial charge in [0.1, 0.15) is 6.61 Å². The Labute approximate surface area is 147 Å². The number of benzene rings is 1. The van der Waals surface area contributed by atoms with Crippen molar-refractivity contribution in [3.63, 3.8) is 0 Å². The average molecular weight is 374 g/mol. The number of hydrogen-bond acceptors (Lipinski definition) is 3. The number of carboxylic acid groups (broad SMARTS) is 1. The summed E-state index contributed by atoms with van der Waals surface area (Å²) in [7, 11) is 0. The molecule has 2 unspecified atom stereocenters. The predicted octanol–water partition coefficient (Wildman–Crippen LogP) is 3.90. The van der Waals surface area contributed by atoms with Crippen LogP contribution in [-0.4, -0.2) is 17.0 Å².